The lowest BCUT2D eigenvalue weighted by Gasteiger charge is -2.59. The molecule has 158 valence electrons. The zero-order valence-electron chi connectivity index (χ0n) is 18.0. The Morgan fingerprint density at radius 2 is 1.59 bits per heavy atom. The van der Waals surface area contributed by atoms with Gasteiger partial charge >= 0.3 is 0 Å². The number of rotatable bonds is 7. The Morgan fingerprint density at radius 3 is 2.10 bits per heavy atom. The Morgan fingerprint density at radius 1 is 1.03 bits per heavy atom. The zero-order chi connectivity index (χ0) is 20.6. The number of carbonyl (C=O) groups is 2. The average molecular weight is 398 g/mol. The molecule has 0 aliphatic heterocycles. The number of hydrogen-bond acceptors (Lipinski definition) is 3. The average Bonchev–Trinajstić information content (AvgIpc) is 2.65. The molecule has 0 heterocycles. The number of amides is 2. The van der Waals surface area contributed by atoms with E-state index in [9.17, 15) is 9.59 Å². The Balaban J connectivity index is 1.55. The van der Waals surface area contributed by atoms with E-state index in [-0.39, 0.29) is 17.2 Å². The smallest absolute Gasteiger partial charge is 0.251 e. The van der Waals surface area contributed by atoms with Crippen molar-refractivity contribution in [3.63, 3.8) is 0 Å². The lowest BCUT2D eigenvalue weighted by Crippen LogP contribution is -2.62. The molecule has 5 rings (SSSR count). The van der Waals surface area contributed by atoms with Crippen molar-refractivity contribution < 1.29 is 9.59 Å². The van der Waals surface area contributed by atoms with Crippen LogP contribution < -0.4 is 10.6 Å². The highest BCUT2D eigenvalue weighted by molar-refractivity contribution is 5.97. The Labute approximate surface area is 174 Å². The van der Waals surface area contributed by atoms with Crippen molar-refractivity contribution in [2.24, 2.45) is 23.2 Å². The summed E-state index contributed by atoms with van der Waals surface area (Å²) in [6.07, 6.45) is 7.21. The number of benzene rings is 1. The van der Waals surface area contributed by atoms with Gasteiger partial charge in [-0.3, -0.25) is 9.59 Å². The lowest BCUT2D eigenvalue weighted by atomic mass is 9.47. The fourth-order valence-corrected chi connectivity index (χ4v) is 6.45. The molecule has 4 fully saturated rings. The Kier molecular flexibility index (Phi) is 5.69. The van der Waals surface area contributed by atoms with Crippen LogP contribution in [0.5, 0.6) is 0 Å². The highest BCUT2D eigenvalue weighted by Crippen LogP contribution is 2.61. The minimum Gasteiger partial charge on any atom is -0.353 e. The monoisotopic (exact) mass is 397 g/mol. The van der Waals surface area contributed by atoms with E-state index in [4.69, 9.17) is 0 Å². The summed E-state index contributed by atoms with van der Waals surface area (Å²) in [5.41, 5.74) is 1.68. The first kappa shape index (κ1) is 20.4. The van der Waals surface area contributed by atoms with Gasteiger partial charge in [-0.2, -0.15) is 0 Å². The largest absolute Gasteiger partial charge is 0.353 e. The molecule has 1 aromatic rings. The molecule has 4 aliphatic rings. The number of likely N-dealkylation sites (N-methyl/N-ethyl adjacent to an activating group) is 1. The summed E-state index contributed by atoms with van der Waals surface area (Å²) < 4.78 is 0. The number of hydrogen-bond donors (Lipinski definition) is 2. The summed E-state index contributed by atoms with van der Waals surface area (Å²) in [5, 5.41) is 6.29. The second-order valence-corrected chi connectivity index (χ2v) is 10.1. The summed E-state index contributed by atoms with van der Waals surface area (Å²) in [6, 6.07) is 7.17. The molecule has 0 aromatic heterocycles. The van der Waals surface area contributed by atoms with Crippen LogP contribution >= 0.6 is 0 Å². The van der Waals surface area contributed by atoms with Crippen LogP contribution in [0.15, 0.2) is 24.3 Å². The van der Waals surface area contributed by atoms with Crippen LogP contribution in [0.2, 0.25) is 0 Å². The van der Waals surface area contributed by atoms with Gasteiger partial charge < -0.3 is 15.5 Å². The number of aryl methyl sites for hydroxylation is 1. The minimum atomic E-state index is -0.438. The topological polar surface area (TPSA) is 61.4 Å². The molecule has 5 heteroatoms. The van der Waals surface area contributed by atoms with E-state index in [1.807, 2.05) is 45.3 Å². The third-order valence-electron chi connectivity index (χ3n) is 7.41. The summed E-state index contributed by atoms with van der Waals surface area (Å²) >= 11 is 0. The number of carbonyl (C=O) groups excluding carboxylic acids is 2. The molecule has 4 aliphatic carbocycles. The fourth-order valence-electron chi connectivity index (χ4n) is 6.45. The van der Waals surface area contributed by atoms with Gasteiger partial charge in [-0.1, -0.05) is 17.7 Å². The molecule has 4 saturated carbocycles. The van der Waals surface area contributed by atoms with Crippen molar-refractivity contribution >= 4 is 11.8 Å². The quantitative estimate of drug-likeness (QED) is 0.744. The molecular formula is C24H35N3O2. The summed E-state index contributed by atoms with van der Waals surface area (Å²) in [4.78, 5) is 28.4. The zero-order valence-corrected chi connectivity index (χ0v) is 18.0. The maximum atomic E-state index is 13.3. The van der Waals surface area contributed by atoms with E-state index in [0.29, 0.717) is 12.1 Å². The van der Waals surface area contributed by atoms with Gasteiger partial charge in [0.1, 0.15) is 6.04 Å². The van der Waals surface area contributed by atoms with E-state index in [0.717, 1.165) is 49.1 Å². The maximum Gasteiger partial charge on any atom is 0.251 e. The summed E-state index contributed by atoms with van der Waals surface area (Å²) in [6.45, 7) is 3.42. The van der Waals surface area contributed by atoms with Gasteiger partial charge in [0.15, 0.2) is 0 Å². The molecule has 29 heavy (non-hydrogen) atoms. The highest BCUT2D eigenvalue weighted by atomic mass is 16.2. The molecule has 0 spiro atoms. The van der Waals surface area contributed by atoms with Crippen LogP contribution in [0.25, 0.3) is 0 Å². The first-order valence-corrected chi connectivity index (χ1v) is 11.1. The van der Waals surface area contributed by atoms with Gasteiger partial charge in [-0.25, -0.2) is 0 Å². The van der Waals surface area contributed by atoms with Gasteiger partial charge in [-0.15, -0.1) is 0 Å². The normalized spacial score (nSPS) is 31.0. The van der Waals surface area contributed by atoms with Crippen LogP contribution in [-0.4, -0.2) is 49.9 Å². The molecule has 0 saturated heterocycles. The Bertz CT molecular complexity index is 721. The first-order valence-electron chi connectivity index (χ1n) is 11.1. The first-order chi connectivity index (χ1) is 13.8. The van der Waals surface area contributed by atoms with Gasteiger partial charge in [0, 0.05) is 24.1 Å². The van der Waals surface area contributed by atoms with Crippen LogP contribution in [-0.2, 0) is 4.79 Å². The van der Waals surface area contributed by atoms with E-state index < -0.39 is 6.04 Å². The van der Waals surface area contributed by atoms with Crippen molar-refractivity contribution in [2.75, 3.05) is 27.2 Å². The summed E-state index contributed by atoms with van der Waals surface area (Å²) in [7, 11) is 4.00. The maximum absolute atomic E-state index is 13.3. The van der Waals surface area contributed by atoms with Crippen molar-refractivity contribution in [3.8, 4) is 0 Å². The molecule has 1 atom stereocenters. The SMILES string of the molecule is Cc1ccc(C(=O)NC(C(=O)NCCN(C)C)C23CC4CC(CC(C4)C2)C3)cc1. The fraction of sp³-hybridized carbons (Fsp3) is 0.667. The molecule has 2 amide bonds. The van der Waals surface area contributed by atoms with Crippen LogP contribution in [0, 0.1) is 30.1 Å². The van der Waals surface area contributed by atoms with E-state index in [1.165, 1.54) is 19.3 Å². The highest BCUT2D eigenvalue weighted by Gasteiger charge is 2.56. The summed E-state index contributed by atoms with van der Waals surface area (Å²) in [5.74, 6) is 2.06. The van der Waals surface area contributed by atoms with Crippen molar-refractivity contribution in [1.82, 2.24) is 15.5 Å². The molecule has 0 radical (unpaired) electrons. The van der Waals surface area contributed by atoms with Crippen LogP contribution in [0.1, 0.15) is 54.4 Å². The van der Waals surface area contributed by atoms with E-state index in [1.54, 1.807) is 0 Å². The number of nitrogens with zero attached hydrogens (tertiary/aromatic N) is 1. The molecule has 1 aromatic carbocycles. The van der Waals surface area contributed by atoms with Gasteiger partial charge in [0.05, 0.1) is 0 Å². The van der Waals surface area contributed by atoms with Crippen molar-refractivity contribution in [2.45, 2.75) is 51.5 Å². The predicted molar refractivity (Wildman–Crippen MR) is 115 cm³/mol. The molecule has 4 bridgehead atoms. The van der Waals surface area contributed by atoms with Gasteiger partial charge in [0.2, 0.25) is 5.91 Å². The number of nitrogens with one attached hydrogen (secondary N) is 2. The lowest BCUT2D eigenvalue weighted by molar-refractivity contribution is -0.134. The third kappa shape index (κ3) is 4.35. The minimum absolute atomic E-state index is 0.00531. The van der Waals surface area contributed by atoms with Crippen molar-refractivity contribution in [3.05, 3.63) is 35.4 Å². The Hall–Kier alpha value is -1.88. The second-order valence-electron chi connectivity index (χ2n) is 10.1. The van der Waals surface area contributed by atoms with E-state index in [2.05, 4.69) is 15.5 Å². The van der Waals surface area contributed by atoms with Crippen LogP contribution in [0.3, 0.4) is 0 Å². The second kappa shape index (κ2) is 8.10. The van der Waals surface area contributed by atoms with Gasteiger partial charge in [0.25, 0.3) is 5.91 Å². The standard InChI is InChI=1S/C24H35N3O2/c1-16-4-6-20(7-5-16)22(28)26-21(23(29)25-8-9-27(2)3)24-13-17-10-18(14-24)12-19(11-17)15-24/h4-7,17-19,21H,8-15H2,1-3H3,(H,25,29)(H,26,28). The predicted octanol–water partition coefficient (Wildman–Crippen LogP) is 2.99. The van der Waals surface area contributed by atoms with Gasteiger partial charge in [-0.05, 0) is 89.4 Å². The third-order valence-corrected chi connectivity index (χ3v) is 7.41. The molecule has 5 nitrogen and oxygen atoms in total. The molecule has 1 unspecified atom stereocenters. The van der Waals surface area contributed by atoms with Crippen LogP contribution in [0.4, 0.5) is 0 Å². The molecule has 2 N–H and O–H groups in total. The molecular weight excluding hydrogens is 362 g/mol. The van der Waals surface area contributed by atoms with Crippen molar-refractivity contribution in [1.29, 1.82) is 0 Å². The van der Waals surface area contributed by atoms with E-state index >= 15 is 0 Å².